The van der Waals surface area contributed by atoms with Crippen molar-refractivity contribution < 1.29 is 33.8 Å². The van der Waals surface area contributed by atoms with Crippen molar-refractivity contribution in [2.45, 2.75) is 24.5 Å². The predicted octanol–water partition coefficient (Wildman–Crippen LogP) is -2.73. The molecule has 0 radical (unpaired) electrons. The molecule has 0 saturated carbocycles. The van der Waals surface area contributed by atoms with E-state index in [1.165, 1.54) is 0 Å². The zero-order valence-corrected chi connectivity index (χ0v) is 11.3. The van der Waals surface area contributed by atoms with E-state index in [1.54, 1.807) is 0 Å². The summed E-state index contributed by atoms with van der Waals surface area (Å²) in [6.45, 7) is -0.683. The van der Waals surface area contributed by atoms with Gasteiger partial charge in [0.05, 0.1) is 6.61 Å². The Bertz CT molecular complexity index is 664. The Labute approximate surface area is 116 Å². The molecule has 0 bridgehead atoms. The molecule has 0 aliphatic carbocycles. The number of hydrogen-bond acceptors (Lipinski definition) is 7. The van der Waals surface area contributed by atoms with Crippen LogP contribution in [0.2, 0.25) is 0 Å². The first-order chi connectivity index (χ1) is 9.69. The van der Waals surface area contributed by atoms with Crippen LogP contribution in [-0.2, 0) is 13.8 Å². The molecule has 0 unspecified atom stereocenters. The van der Waals surface area contributed by atoms with Gasteiger partial charge < -0.3 is 24.7 Å². The van der Waals surface area contributed by atoms with Gasteiger partial charge in [-0.3, -0.25) is 18.9 Å². The van der Waals surface area contributed by atoms with Crippen molar-refractivity contribution in [2.24, 2.45) is 0 Å². The second kappa shape index (κ2) is 5.81. The summed E-state index contributed by atoms with van der Waals surface area (Å²) in [7, 11) is -4.76. The molecule has 118 valence electrons. The number of ether oxygens (including phenoxy) is 1. The molecule has 1 aromatic rings. The molecule has 0 amide bonds. The molecular formula is C9H13N2O9P. The van der Waals surface area contributed by atoms with E-state index >= 15 is 0 Å². The van der Waals surface area contributed by atoms with Crippen molar-refractivity contribution in [3.63, 3.8) is 0 Å². The highest BCUT2D eigenvalue weighted by Gasteiger charge is 2.44. The monoisotopic (exact) mass is 329 g/mol. The van der Waals surface area contributed by atoms with Crippen molar-refractivity contribution in [2.75, 3.05) is 6.61 Å². The number of aromatic nitrogens is 2. The quantitative estimate of drug-likeness (QED) is 0.290. The third-order valence-electron chi connectivity index (χ3n) is 2.87. The SMILES string of the molecule is O=c1ccn([13C@@H]2O[13C@H]([13CH2]OP(=O)(O)O)[13C@@H](O)[13C@H]2O)c(=O)[nH]1. The number of aliphatic hydroxyl groups excluding tert-OH is 2. The molecule has 12 heteroatoms. The largest absolute Gasteiger partial charge is 0.469 e. The summed E-state index contributed by atoms with van der Waals surface area (Å²) < 4.78 is 20.8. The normalized spacial score (nSPS) is 29.7. The van der Waals surface area contributed by atoms with Crippen LogP contribution < -0.4 is 11.2 Å². The number of hydrogen-bond donors (Lipinski definition) is 5. The zero-order chi connectivity index (χ0) is 15.8. The molecule has 1 aliphatic rings. The number of phosphoric ester groups is 1. The van der Waals surface area contributed by atoms with Crippen LogP contribution in [0.1, 0.15) is 6.23 Å². The molecule has 21 heavy (non-hydrogen) atoms. The Morgan fingerprint density at radius 3 is 2.57 bits per heavy atom. The molecule has 2 heterocycles. The van der Waals surface area contributed by atoms with Crippen molar-refractivity contribution >= 4 is 7.82 Å². The minimum Gasteiger partial charge on any atom is -0.387 e. The minimum atomic E-state index is -4.76. The highest BCUT2D eigenvalue weighted by molar-refractivity contribution is 7.46. The Morgan fingerprint density at radius 1 is 1.33 bits per heavy atom. The van der Waals surface area contributed by atoms with Crippen LogP contribution in [0.5, 0.6) is 0 Å². The van der Waals surface area contributed by atoms with Crippen LogP contribution in [0.3, 0.4) is 0 Å². The maximum absolute atomic E-state index is 11.6. The lowest BCUT2D eigenvalue weighted by Crippen LogP contribution is -2.37. The number of rotatable bonds is 4. The van der Waals surface area contributed by atoms with Crippen LogP contribution in [0, 0.1) is 0 Å². The van der Waals surface area contributed by atoms with Crippen LogP contribution in [0.25, 0.3) is 0 Å². The minimum absolute atomic E-state index is 0.648. The Morgan fingerprint density at radius 2 is 2.00 bits per heavy atom. The lowest BCUT2D eigenvalue weighted by atomic mass is 10.6. The zero-order valence-electron chi connectivity index (χ0n) is 10.4. The van der Waals surface area contributed by atoms with E-state index in [1.807, 2.05) is 4.98 Å². The van der Waals surface area contributed by atoms with Crippen molar-refractivity contribution in [1.82, 2.24) is 9.55 Å². The van der Waals surface area contributed by atoms with Gasteiger partial charge >= 0.3 is 13.5 Å². The molecule has 1 aromatic heterocycles. The van der Waals surface area contributed by atoms with Gasteiger partial charge in [0.2, 0.25) is 0 Å². The van der Waals surface area contributed by atoms with Crippen molar-refractivity contribution in [1.29, 1.82) is 0 Å². The van der Waals surface area contributed by atoms with E-state index < -0.39 is 50.2 Å². The lowest BCUT2D eigenvalue weighted by molar-refractivity contribution is -0.0543. The van der Waals surface area contributed by atoms with Crippen molar-refractivity contribution in [3.8, 4) is 0 Å². The maximum atomic E-state index is 11.6. The molecule has 2 rings (SSSR count). The first-order valence-electron chi connectivity index (χ1n) is 5.72. The average molecular weight is 329 g/mol. The van der Waals surface area contributed by atoms with Gasteiger partial charge in [-0.15, -0.1) is 0 Å². The molecule has 5 N–H and O–H groups in total. The molecule has 1 aliphatic heterocycles. The first-order valence-corrected chi connectivity index (χ1v) is 7.25. The summed E-state index contributed by atoms with van der Waals surface area (Å²) in [5, 5.41) is 19.6. The smallest absolute Gasteiger partial charge is 0.387 e. The van der Waals surface area contributed by atoms with Gasteiger partial charge in [-0.2, -0.15) is 0 Å². The topological polar surface area (TPSA) is 171 Å². The fourth-order valence-electron chi connectivity index (χ4n) is 1.89. The highest BCUT2D eigenvalue weighted by atomic mass is 31.2. The third-order valence-corrected chi connectivity index (χ3v) is 3.35. The van der Waals surface area contributed by atoms with E-state index in [4.69, 9.17) is 14.5 Å². The predicted molar refractivity (Wildman–Crippen MR) is 65.2 cm³/mol. The van der Waals surface area contributed by atoms with E-state index in [0.717, 1.165) is 16.8 Å². The van der Waals surface area contributed by atoms with E-state index in [0.29, 0.717) is 0 Å². The Kier molecular flexibility index (Phi) is 4.44. The lowest BCUT2D eigenvalue weighted by Gasteiger charge is -2.16. The Hall–Kier alpha value is -1.33. The van der Waals surface area contributed by atoms with Crippen LogP contribution in [0.4, 0.5) is 0 Å². The highest BCUT2D eigenvalue weighted by Crippen LogP contribution is 2.38. The van der Waals surface area contributed by atoms with E-state index in [-0.39, 0.29) is 0 Å². The van der Waals surface area contributed by atoms with Crippen LogP contribution >= 0.6 is 7.82 Å². The van der Waals surface area contributed by atoms with Gasteiger partial charge in [0.25, 0.3) is 5.56 Å². The summed E-state index contributed by atoms with van der Waals surface area (Å²) >= 11 is 0. The fourth-order valence-corrected chi connectivity index (χ4v) is 2.24. The third kappa shape index (κ3) is 3.66. The van der Waals surface area contributed by atoms with Gasteiger partial charge in [0.1, 0.15) is 18.3 Å². The molecule has 1 saturated heterocycles. The van der Waals surface area contributed by atoms with Crippen molar-refractivity contribution in [3.05, 3.63) is 33.1 Å². The second-order valence-corrected chi connectivity index (χ2v) is 5.59. The summed E-state index contributed by atoms with van der Waals surface area (Å²) in [6.07, 6.45) is -4.58. The van der Waals surface area contributed by atoms with Gasteiger partial charge in [-0.05, 0) is 0 Å². The summed E-state index contributed by atoms with van der Waals surface area (Å²) in [5.74, 6) is 0. The van der Waals surface area contributed by atoms with Crippen LogP contribution in [0.15, 0.2) is 21.9 Å². The van der Waals surface area contributed by atoms with E-state index in [2.05, 4.69) is 4.52 Å². The fraction of sp³-hybridized carbons (Fsp3) is 0.556. The number of aliphatic hydroxyl groups is 2. The van der Waals surface area contributed by atoms with Crippen LogP contribution in [-0.4, -0.2) is 54.5 Å². The molecule has 1 fully saturated rings. The van der Waals surface area contributed by atoms with Gasteiger partial charge in [0, 0.05) is 12.3 Å². The standard InChI is InChI=1S/C9H13N2O9P/c12-5-1-2-11(9(15)10-5)8-7(14)6(13)4(20-8)3-19-21(16,17)18/h1-2,4,6-8,13-14H,3H2,(H,10,12,15)(H2,16,17,18)/t4-,6-,7-,8-/m1/s1/i3+1,4+1,6+1,7+1,8+1. The molecule has 0 spiro atoms. The number of aromatic amines is 1. The Balaban J connectivity index is 2.18. The molecule has 11 nitrogen and oxygen atoms in total. The first kappa shape index (κ1) is 16.0. The van der Waals surface area contributed by atoms with Gasteiger partial charge in [-0.25, -0.2) is 9.36 Å². The number of nitrogens with one attached hydrogen (secondary N) is 1. The molecule has 4 atom stereocenters. The number of nitrogens with zero attached hydrogens (tertiary/aromatic N) is 1. The van der Waals surface area contributed by atoms with Gasteiger partial charge in [-0.1, -0.05) is 0 Å². The van der Waals surface area contributed by atoms with Gasteiger partial charge in [0.15, 0.2) is 6.23 Å². The molecule has 0 aromatic carbocycles. The second-order valence-electron chi connectivity index (χ2n) is 4.35. The van der Waals surface area contributed by atoms with E-state index in [9.17, 15) is 24.4 Å². The molecular weight excluding hydrogens is 316 g/mol. The maximum Gasteiger partial charge on any atom is 0.469 e. The summed E-state index contributed by atoms with van der Waals surface area (Å²) in [5.41, 5.74) is -1.51. The summed E-state index contributed by atoms with van der Waals surface area (Å²) in [4.78, 5) is 41.6. The number of H-pyrrole nitrogens is 1. The summed E-state index contributed by atoms with van der Waals surface area (Å²) in [6, 6.07) is 1.02. The number of phosphoric acid groups is 1. The average Bonchev–Trinajstić information content (AvgIpc) is 2.64.